The Morgan fingerprint density at radius 1 is 1.39 bits per heavy atom. The van der Waals surface area contributed by atoms with E-state index < -0.39 is 0 Å². The Labute approximate surface area is 107 Å². The van der Waals surface area contributed by atoms with Crippen molar-refractivity contribution in [2.24, 2.45) is 0 Å². The molecule has 1 fully saturated rings. The van der Waals surface area contributed by atoms with Crippen LogP contribution in [0.5, 0.6) is 0 Å². The fourth-order valence-corrected chi connectivity index (χ4v) is 2.09. The Bertz CT molecular complexity index is 436. The zero-order valence-corrected chi connectivity index (χ0v) is 10.8. The summed E-state index contributed by atoms with van der Waals surface area (Å²) in [4.78, 5) is 15.8. The Hall–Kier alpha value is -1.75. The van der Waals surface area contributed by atoms with Crippen LogP contribution in [0.2, 0.25) is 0 Å². The van der Waals surface area contributed by atoms with E-state index in [0.29, 0.717) is 25.3 Å². The highest BCUT2D eigenvalue weighted by Crippen LogP contribution is 2.26. The number of nitrogen functional groups attached to an aromatic ring is 1. The molecule has 98 valence electrons. The van der Waals surface area contributed by atoms with Crippen LogP contribution < -0.4 is 10.6 Å². The maximum Gasteiger partial charge on any atom is 0.324 e. The van der Waals surface area contributed by atoms with E-state index in [-0.39, 0.29) is 12.1 Å². The number of urea groups is 1. The van der Waals surface area contributed by atoms with E-state index in [1.807, 2.05) is 31.2 Å². The molecule has 2 amide bonds. The lowest BCUT2D eigenvalue weighted by Crippen LogP contribution is -2.36. The van der Waals surface area contributed by atoms with Crippen molar-refractivity contribution in [3.8, 4) is 0 Å². The summed E-state index contributed by atoms with van der Waals surface area (Å²) in [5.41, 5.74) is 7.32. The Balaban J connectivity index is 2.10. The van der Waals surface area contributed by atoms with Crippen molar-refractivity contribution in [1.82, 2.24) is 4.90 Å². The van der Waals surface area contributed by atoms with E-state index in [2.05, 4.69) is 0 Å². The van der Waals surface area contributed by atoms with Gasteiger partial charge in [-0.25, -0.2) is 4.79 Å². The minimum absolute atomic E-state index is 0.00296. The lowest BCUT2D eigenvalue weighted by molar-refractivity contribution is 0.0922. The third-order valence-corrected chi connectivity index (χ3v) is 3.20. The first kappa shape index (κ1) is 12.7. The highest BCUT2D eigenvalue weighted by Gasteiger charge is 2.31. The van der Waals surface area contributed by atoms with Crippen molar-refractivity contribution < 1.29 is 9.53 Å². The minimum Gasteiger partial charge on any atom is -0.397 e. The molecule has 2 N–H and O–H groups in total. The number of nitrogens with zero attached hydrogens (tertiary/aromatic N) is 2. The lowest BCUT2D eigenvalue weighted by atomic mass is 10.2. The van der Waals surface area contributed by atoms with E-state index in [1.54, 1.807) is 16.9 Å². The van der Waals surface area contributed by atoms with Gasteiger partial charge in [-0.15, -0.1) is 0 Å². The van der Waals surface area contributed by atoms with Gasteiger partial charge < -0.3 is 15.4 Å². The van der Waals surface area contributed by atoms with Crippen LogP contribution in [0.4, 0.5) is 16.2 Å². The third kappa shape index (κ3) is 2.41. The molecule has 1 heterocycles. The molecule has 1 unspecified atom stereocenters. The van der Waals surface area contributed by atoms with E-state index in [9.17, 15) is 4.79 Å². The molecule has 0 saturated carbocycles. The van der Waals surface area contributed by atoms with Gasteiger partial charge in [-0.05, 0) is 19.1 Å². The summed E-state index contributed by atoms with van der Waals surface area (Å²) in [5, 5.41) is 0. The number of hydrogen-bond acceptors (Lipinski definition) is 3. The minimum atomic E-state index is -0.00296. The van der Waals surface area contributed by atoms with Crippen LogP contribution in [0.25, 0.3) is 0 Å². The first-order valence-corrected chi connectivity index (χ1v) is 6.07. The summed E-state index contributed by atoms with van der Waals surface area (Å²) < 4.78 is 5.19. The molecule has 0 spiro atoms. The molecular weight excluding hydrogens is 230 g/mol. The van der Waals surface area contributed by atoms with Gasteiger partial charge in [0, 0.05) is 26.7 Å². The first-order chi connectivity index (χ1) is 8.63. The molecule has 1 aromatic carbocycles. The number of amides is 2. The normalized spacial score (nSPS) is 17.3. The highest BCUT2D eigenvalue weighted by molar-refractivity contribution is 5.97. The van der Waals surface area contributed by atoms with Gasteiger partial charge in [0.25, 0.3) is 0 Å². The highest BCUT2D eigenvalue weighted by atomic mass is 16.5. The molecule has 1 aromatic rings. The second-order valence-electron chi connectivity index (χ2n) is 4.49. The van der Waals surface area contributed by atoms with Gasteiger partial charge in [0.2, 0.25) is 0 Å². The van der Waals surface area contributed by atoms with Gasteiger partial charge in [-0.1, -0.05) is 12.1 Å². The predicted octanol–water partition coefficient (Wildman–Crippen LogP) is 1.55. The lowest BCUT2D eigenvalue weighted by Gasteiger charge is -2.21. The van der Waals surface area contributed by atoms with Crippen molar-refractivity contribution in [2.45, 2.75) is 13.0 Å². The Morgan fingerprint density at radius 2 is 2.11 bits per heavy atom. The van der Waals surface area contributed by atoms with E-state index in [1.165, 1.54) is 0 Å². The number of benzene rings is 1. The van der Waals surface area contributed by atoms with Gasteiger partial charge in [0.05, 0.1) is 17.5 Å². The molecule has 1 saturated heterocycles. The van der Waals surface area contributed by atoms with Gasteiger partial charge in [-0.2, -0.15) is 0 Å². The molecule has 0 radical (unpaired) electrons. The topological polar surface area (TPSA) is 58.8 Å². The first-order valence-electron chi connectivity index (χ1n) is 6.07. The molecule has 0 aliphatic carbocycles. The van der Waals surface area contributed by atoms with Gasteiger partial charge in [-0.3, -0.25) is 4.90 Å². The van der Waals surface area contributed by atoms with Crippen molar-refractivity contribution in [2.75, 3.05) is 37.4 Å². The largest absolute Gasteiger partial charge is 0.397 e. The number of rotatable bonds is 4. The molecular formula is C13H19N3O2. The second-order valence-corrected chi connectivity index (χ2v) is 4.49. The molecule has 0 aromatic heterocycles. The number of carbonyl (C=O) groups excluding carboxylic acids is 1. The van der Waals surface area contributed by atoms with Crippen molar-refractivity contribution in [3.05, 3.63) is 24.3 Å². The van der Waals surface area contributed by atoms with Crippen LogP contribution >= 0.6 is 0 Å². The van der Waals surface area contributed by atoms with Gasteiger partial charge in [0.15, 0.2) is 0 Å². The average molecular weight is 249 g/mol. The summed E-state index contributed by atoms with van der Waals surface area (Å²) in [6.07, 6.45) is 0.0435. The Kier molecular flexibility index (Phi) is 3.72. The fourth-order valence-electron chi connectivity index (χ4n) is 2.09. The van der Waals surface area contributed by atoms with Crippen LogP contribution in [-0.4, -0.2) is 43.8 Å². The number of ether oxygens (including phenoxy) is 1. The smallest absolute Gasteiger partial charge is 0.324 e. The number of para-hydroxylation sites is 2. The molecule has 18 heavy (non-hydrogen) atoms. The zero-order chi connectivity index (χ0) is 13.1. The van der Waals surface area contributed by atoms with Crippen molar-refractivity contribution in [3.63, 3.8) is 0 Å². The van der Waals surface area contributed by atoms with Crippen LogP contribution in [0.3, 0.4) is 0 Å². The quantitative estimate of drug-likeness (QED) is 0.824. The van der Waals surface area contributed by atoms with Crippen molar-refractivity contribution >= 4 is 17.4 Å². The number of hydrogen-bond donors (Lipinski definition) is 1. The summed E-state index contributed by atoms with van der Waals surface area (Å²) in [6, 6.07) is 7.43. The van der Waals surface area contributed by atoms with Crippen LogP contribution in [-0.2, 0) is 4.74 Å². The average Bonchev–Trinajstić information content (AvgIpc) is 2.72. The maximum atomic E-state index is 12.3. The molecule has 1 aliphatic rings. The predicted molar refractivity (Wildman–Crippen MR) is 71.6 cm³/mol. The molecule has 1 atom stereocenters. The van der Waals surface area contributed by atoms with Gasteiger partial charge in [0.1, 0.15) is 0 Å². The van der Waals surface area contributed by atoms with Crippen molar-refractivity contribution in [1.29, 1.82) is 0 Å². The van der Waals surface area contributed by atoms with Crippen LogP contribution in [0.15, 0.2) is 24.3 Å². The van der Waals surface area contributed by atoms with Crippen LogP contribution in [0, 0.1) is 0 Å². The molecule has 2 rings (SSSR count). The summed E-state index contributed by atoms with van der Waals surface area (Å²) in [7, 11) is 1.65. The third-order valence-electron chi connectivity index (χ3n) is 3.20. The number of carbonyl (C=O) groups is 1. The molecule has 0 bridgehead atoms. The maximum absolute atomic E-state index is 12.3. The zero-order valence-electron chi connectivity index (χ0n) is 10.8. The summed E-state index contributed by atoms with van der Waals surface area (Å²) >= 11 is 0. The summed E-state index contributed by atoms with van der Waals surface area (Å²) in [6.45, 7) is 3.94. The van der Waals surface area contributed by atoms with E-state index in [4.69, 9.17) is 10.5 Å². The fraction of sp³-hybridized carbons (Fsp3) is 0.462. The number of methoxy groups -OCH3 is 1. The van der Waals surface area contributed by atoms with Gasteiger partial charge >= 0.3 is 6.03 Å². The van der Waals surface area contributed by atoms with E-state index >= 15 is 0 Å². The second kappa shape index (κ2) is 5.27. The molecule has 5 heteroatoms. The van der Waals surface area contributed by atoms with Crippen LogP contribution in [0.1, 0.15) is 6.92 Å². The molecule has 5 nitrogen and oxygen atoms in total. The Morgan fingerprint density at radius 3 is 2.78 bits per heavy atom. The number of nitrogens with two attached hydrogens (primary N) is 1. The monoisotopic (exact) mass is 249 g/mol. The standard InChI is InChI=1S/C13H19N3O2/c1-10(18-2)9-15-7-8-16(13(15)17)12-6-4-3-5-11(12)14/h3-6,10H,7-9,14H2,1-2H3. The summed E-state index contributed by atoms with van der Waals surface area (Å²) in [5.74, 6) is 0. The van der Waals surface area contributed by atoms with E-state index in [0.717, 1.165) is 5.69 Å². The molecule has 1 aliphatic heterocycles. The number of anilines is 2. The SMILES string of the molecule is COC(C)CN1CCN(c2ccccc2N)C1=O.